The maximum absolute atomic E-state index is 4.54. The van der Waals surface area contributed by atoms with Crippen molar-refractivity contribution in [3.8, 4) is 0 Å². The van der Waals surface area contributed by atoms with Crippen molar-refractivity contribution in [3.63, 3.8) is 0 Å². The van der Waals surface area contributed by atoms with Gasteiger partial charge in [0.1, 0.15) is 0 Å². The van der Waals surface area contributed by atoms with Crippen LogP contribution >= 0.6 is 0 Å². The number of benzene rings is 2. The Morgan fingerprint density at radius 2 is 1.55 bits per heavy atom. The zero-order valence-corrected chi connectivity index (χ0v) is 22.5. The Morgan fingerprint density at radius 1 is 0.939 bits per heavy atom. The third-order valence-corrected chi connectivity index (χ3v) is 8.24. The van der Waals surface area contributed by atoms with Crippen LogP contribution < -0.4 is 0 Å². The van der Waals surface area contributed by atoms with Crippen LogP contribution in [0.25, 0.3) is 5.57 Å². The van der Waals surface area contributed by atoms with Gasteiger partial charge in [-0.15, -0.1) is 0 Å². The molecule has 182 valence electrons. The van der Waals surface area contributed by atoms with Crippen molar-refractivity contribution in [1.29, 1.82) is 0 Å². The van der Waals surface area contributed by atoms with E-state index in [4.69, 9.17) is 0 Å². The largest absolute Gasteiger partial charge is 0.0949 e. The highest BCUT2D eigenvalue weighted by molar-refractivity contribution is 5.67. The van der Waals surface area contributed by atoms with Crippen molar-refractivity contribution < 1.29 is 0 Å². The molecule has 0 heteroatoms. The molecule has 0 aromatic heterocycles. The fourth-order valence-electron chi connectivity index (χ4n) is 6.10. The Labute approximate surface area is 205 Å². The minimum Gasteiger partial charge on any atom is -0.0949 e. The molecule has 0 spiro atoms. The molecule has 0 aliphatic heterocycles. The summed E-state index contributed by atoms with van der Waals surface area (Å²) in [4.78, 5) is 0. The van der Waals surface area contributed by atoms with E-state index in [1.54, 1.807) is 5.56 Å². The molecule has 0 amide bonds. The molecule has 1 unspecified atom stereocenters. The van der Waals surface area contributed by atoms with E-state index in [1.165, 1.54) is 74.5 Å². The summed E-state index contributed by atoms with van der Waals surface area (Å²) < 4.78 is 0. The fourth-order valence-corrected chi connectivity index (χ4v) is 6.10. The molecular formula is C33H50. The zero-order chi connectivity index (χ0) is 24.3. The minimum atomic E-state index is 0.391. The van der Waals surface area contributed by atoms with Crippen molar-refractivity contribution >= 4 is 5.57 Å². The molecule has 0 N–H and O–H groups in total. The van der Waals surface area contributed by atoms with Gasteiger partial charge < -0.3 is 0 Å². The lowest BCUT2D eigenvalue weighted by molar-refractivity contribution is 0.167. The Bertz CT molecular complexity index is 805. The van der Waals surface area contributed by atoms with Gasteiger partial charge in [-0.3, -0.25) is 0 Å². The van der Waals surface area contributed by atoms with Gasteiger partial charge in [0.2, 0.25) is 0 Å². The first-order valence-corrected chi connectivity index (χ1v) is 13.8. The average molecular weight is 447 g/mol. The van der Waals surface area contributed by atoms with E-state index in [0.29, 0.717) is 17.3 Å². The fraction of sp³-hybridized carbons (Fsp3) is 0.576. The van der Waals surface area contributed by atoms with Crippen LogP contribution in [0.2, 0.25) is 0 Å². The van der Waals surface area contributed by atoms with Gasteiger partial charge in [0.15, 0.2) is 0 Å². The summed E-state index contributed by atoms with van der Waals surface area (Å²) in [5.41, 5.74) is 6.07. The van der Waals surface area contributed by atoms with Crippen molar-refractivity contribution in [2.24, 2.45) is 17.8 Å². The molecule has 33 heavy (non-hydrogen) atoms. The van der Waals surface area contributed by atoms with Gasteiger partial charge >= 0.3 is 0 Å². The smallest absolute Gasteiger partial charge is 0.00238 e. The maximum Gasteiger partial charge on any atom is -0.00238 e. The average Bonchev–Trinajstić information content (AvgIpc) is 2.85. The first-order chi connectivity index (χ1) is 16.0. The molecule has 1 fully saturated rings. The van der Waals surface area contributed by atoms with Crippen LogP contribution in [-0.4, -0.2) is 0 Å². The van der Waals surface area contributed by atoms with Crippen LogP contribution in [0.4, 0.5) is 0 Å². The molecule has 0 nitrogen and oxygen atoms in total. The molecule has 1 saturated carbocycles. The lowest BCUT2D eigenvalue weighted by Gasteiger charge is -2.44. The summed E-state index contributed by atoms with van der Waals surface area (Å²) in [5.74, 6) is 2.25. The van der Waals surface area contributed by atoms with E-state index in [9.17, 15) is 0 Å². The molecule has 3 rings (SSSR count). The quantitative estimate of drug-likeness (QED) is 0.340. The van der Waals surface area contributed by atoms with Crippen LogP contribution in [0.15, 0.2) is 61.2 Å². The summed E-state index contributed by atoms with van der Waals surface area (Å²) in [6, 6.07) is 20.1. The summed E-state index contributed by atoms with van der Waals surface area (Å²) in [5, 5.41) is 0. The molecular weight excluding hydrogens is 396 g/mol. The molecule has 0 bridgehead atoms. The second kappa shape index (κ2) is 13.8. The molecule has 2 aromatic rings. The summed E-state index contributed by atoms with van der Waals surface area (Å²) >= 11 is 0. The van der Waals surface area contributed by atoms with Gasteiger partial charge in [0, 0.05) is 0 Å². The standard InChI is InChI=1S/C31H44.C2H6/c1-6-13-28(26(5)30-19-11-10-14-25(30)4)16-12-15-27-20-22-31(23-21-27,24(2)3)29-17-8-7-9-18-29;1-2/h7-11,14,17-19,24,27-28H,5-6,12-13,15-16,20-23H2,1-4H3;1-2H3. The lowest BCUT2D eigenvalue weighted by Crippen LogP contribution is -2.36. The summed E-state index contributed by atoms with van der Waals surface area (Å²) in [6.07, 6.45) is 12.0. The van der Waals surface area contributed by atoms with Gasteiger partial charge in [-0.2, -0.15) is 0 Å². The summed E-state index contributed by atoms with van der Waals surface area (Å²) in [7, 11) is 0. The van der Waals surface area contributed by atoms with Gasteiger partial charge in [-0.1, -0.05) is 115 Å². The predicted octanol–water partition coefficient (Wildman–Crippen LogP) is 10.4. The van der Waals surface area contributed by atoms with Gasteiger partial charge in [0.05, 0.1) is 0 Å². The SMILES string of the molecule is C=C(c1ccccc1C)C(CCC)CCCC1CCC(c2ccccc2)(C(C)C)CC1.CC. The van der Waals surface area contributed by atoms with Crippen LogP contribution in [-0.2, 0) is 5.41 Å². The molecule has 2 aromatic carbocycles. The van der Waals surface area contributed by atoms with Crippen LogP contribution in [0.5, 0.6) is 0 Å². The Balaban J connectivity index is 0.00000187. The maximum atomic E-state index is 4.54. The van der Waals surface area contributed by atoms with Crippen molar-refractivity contribution in [2.75, 3.05) is 0 Å². The number of allylic oxidation sites excluding steroid dienone is 1. The lowest BCUT2D eigenvalue weighted by atomic mass is 9.60. The normalized spacial score (nSPS) is 21.2. The molecule has 1 aliphatic carbocycles. The van der Waals surface area contributed by atoms with Gasteiger partial charge in [0.25, 0.3) is 0 Å². The minimum absolute atomic E-state index is 0.391. The van der Waals surface area contributed by atoms with Gasteiger partial charge in [-0.25, -0.2) is 0 Å². The first-order valence-electron chi connectivity index (χ1n) is 13.8. The number of rotatable bonds is 10. The Morgan fingerprint density at radius 3 is 2.12 bits per heavy atom. The topological polar surface area (TPSA) is 0 Å². The molecule has 0 heterocycles. The van der Waals surface area contributed by atoms with Crippen molar-refractivity contribution in [3.05, 3.63) is 77.9 Å². The van der Waals surface area contributed by atoms with E-state index in [2.05, 4.69) is 88.9 Å². The Hall–Kier alpha value is -1.82. The van der Waals surface area contributed by atoms with Crippen LogP contribution in [0, 0.1) is 24.7 Å². The molecule has 1 aliphatic rings. The van der Waals surface area contributed by atoms with Crippen LogP contribution in [0.3, 0.4) is 0 Å². The van der Waals surface area contributed by atoms with E-state index in [1.807, 2.05) is 13.8 Å². The predicted molar refractivity (Wildman–Crippen MR) is 149 cm³/mol. The van der Waals surface area contributed by atoms with Gasteiger partial charge in [-0.05, 0) is 90.9 Å². The number of hydrogen-bond acceptors (Lipinski definition) is 0. The van der Waals surface area contributed by atoms with E-state index >= 15 is 0 Å². The van der Waals surface area contributed by atoms with E-state index in [-0.39, 0.29) is 0 Å². The first kappa shape index (κ1) is 27.4. The molecule has 0 radical (unpaired) electrons. The number of aryl methyl sites for hydroxylation is 1. The van der Waals surface area contributed by atoms with E-state index in [0.717, 1.165) is 5.92 Å². The third-order valence-electron chi connectivity index (χ3n) is 8.24. The highest BCUT2D eigenvalue weighted by atomic mass is 14.4. The van der Waals surface area contributed by atoms with Crippen molar-refractivity contribution in [2.45, 2.75) is 105 Å². The Kier molecular flexibility index (Phi) is 11.5. The second-order valence-electron chi connectivity index (χ2n) is 10.4. The van der Waals surface area contributed by atoms with Crippen molar-refractivity contribution in [1.82, 2.24) is 0 Å². The number of hydrogen-bond donors (Lipinski definition) is 0. The highest BCUT2D eigenvalue weighted by Gasteiger charge is 2.39. The summed E-state index contributed by atoms with van der Waals surface area (Å²) in [6.45, 7) is 17.9. The monoisotopic (exact) mass is 446 g/mol. The highest BCUT2D eigenvalue weighted by Crippen LogP contribution is 2.47. The zero-order valence-electron chi connectivity index (χ0n) is 22.5. The molecule has 0 saturated heterocycles. The second-order valence-corrected chi connectivity index (χ2v) is 10.4. The van der Waals surface area contributed by atoms with Crippen LogP contribution in [0.1, 0.15) is 109 Å². The van der Waals surface area contributed by atoms with E-state index < -0.39 is 0 Å². The molecule has 1 atom stereocenters. The third kappa shape index (κ3) is 7.08.